The molecule has 64 valence electrons. The summed E-state index contributed by atoms with van der Waals surface area (Å²) in [5, 5.41) is 9.05. The van der Waals surface area contributed by atoms with Crippen LogP contribution in [0.5, 0.6) is 0 Å². The fourth-order valence-electron chi connectivity index (χ4n) is 3.58. The fourth-order valence-corrected chi connectivity index (χ4v) is 3.58. The van der Waals surface area contributed by atoms with Gasteiger partial charge >= 0.3 is 0 Å². The summed E-state index contributed by atoms with van der Waals surface area (Å²) in [5.41, 5.74) is 0.0255. The Hall–Kier alpha value is -0.550. The summed E-state index contributed by atoms with van der Waals surface area (Å²) in [5.74, 6) is 1.58. The summed E-state index contributed by atoms with van der Waals surface area (Å²) in [6.07, 6.45) is 4.17. The second-order valence-corrected chi connectivity index (χ2v) is 4.49. The van der Waals surface area contributed by atoms with Gasteiger partial charge in [-0.3, -0.25) is 0 Å². The number of nitrogens with zero attached hydrogens (tertiary/aromatic N) is 1. The molecular weight excluding hydrogens is 150 g/mol. The molecule has 1 saturated heterocycles. The van der Waals surface area contributed by atoms with Gasteiger partial charge in [0.05, 0.1) is 18.1 Å². The van der Waals surface area contributed by atoms with Crippen molar-refractivity contribution in [2.75, 3.05) is 0 Å². The highest BCUT2D eigenvalue weighted by Gasteiger charge is 2.71. The summed E-state index contributed by atoms with van der Waals surface area (Å²) >= 11 is 0. The van der Waals surface area contributed by atoms with Gasteiger partial charge in [0.25, 0.3) is 0 Å². The molecule has 2 heteroatoms. The van der Waals surface area contributed by atoms with Crippen molar-refractivity contribution in [3.63, 3.8) is 0 Å². The number of rotatable bonds is 0. The van der Waals surface area contributed by atoms with E-state index >= 15 is 0 Å². The highest BCUT2D eigenvalue weighted by Crippen LogP contribution is 2.64. The van der Waals surface area contributed by atoms with Crippen molar-refractivity contribution in [1.82, 2.24) is 0 Å². The molecule has 2 bridgehead atoms. The molecule has 1 aliphatic heterocycles. The Balaban J connectivity index is 1.99. The lowest BCUT2D eigenvalue weighted by Gasteiger charge is -2.23. The van der Waals surface area contributed by atoms with Crippen LogP contribution in [0.25, 0.3) is 0 Å². The Morgan fingerprint density at radius 1 is 1.50 bits per heavy atom. The van der Waals surface area contributed by atoms with E-state index < -0.39 is 0 Å². The molecule has 5 atom stereocenters. The Bertz CT molecular complexity index is 270. The molecule has 0 aromatic carbocycles. The first-order valence-electron chi connectivity index (χ1n) is 4.86. The Kier molecular flexibility index (Phi) is 1.07. The monoisotopic (exact) mass is 163 g/mol. The Morgan fingerprint density at radius 2 is 2.25 bits per heavy atom. The molecule has 1 heterocycles. The molecule has 0 amide bonds. The lowest BCUT2D eigenvalue weighted by atomic mass is 9.78. The zero-order valence-corrected chi connectivity index (χ0v) is 7.29. The summed E-state index contributed by atoms with van der Waals surface area (Å²) in [6.45, 7) is 2.12. The average Bonchev–Trinajstić information content (AvgIpc) is 2.54. The molecule has 5 unspecified atom stereocenters. The van der Waals surface area contributed by atoms with Gasteiger partial charge in [0.1, 0.15) is 5.60 Å². The van der Waals surface area contributed by atoms with Crippen LogP contribution in [0, 0.1) is 29.1 Å². The maximum Gasteiger partial charge on any atom is 0.113 e. The van der Waals surface area contributed by atoms with Crippen LogP contribution in [0.15, 0.2) is 0 Å². The molecular formula is C10H13NO. The van der Waals surface area contributed by atoms with Gasteiger partial charge in [-0.2, -0.15) is 5.26 Å². The van der Waals surface area contributed by atoms with Gasteiger partial charge in [-0.1, -0.05) is 0 Å². The number of epoxide rings is 1. The molecule has 0 N–H and O–H groups in total. The van der Waals surface area contributed by atoms with Gasteiger partial charge in [-0.15, -0.1) is 0 Å². The summed E-state index contributed by atoms with van der Waals surface area (Å²) in [4.78, 5) is 0. The van der Waals surface area contributed by atoms with Gasteiger partial charge in [-0.05, 0) is 38.0 Å². The molecule has 0 aromatic heterocycles. The molecule has 3 rings (SSSR count). The van der Waals surface area contributed by atoms with Crippen LogP contribution in [-0.4, -0.2) is 11.7 Å². The highest BCUT2D eigenvalue weighted by atomic mass is 16.6. The molecule has 3 fully saturated rings. The molecule has 3 aliphatic rings. The molecule has 12 heavy (non-hydrogen) atoms. The second kappa shape index (κ2) is 1.85. The SMILES string of the molecule is CC1OC12C1CCC(C1)C2C#N. The molecule has 2 aliphatic carbocycles. The minimum absolute atomic E-state index is 0.0255. The van der Waals surface area contributed by atoms with Crippen LogP contribution in [-0.2, 0) is 4.74 Å². The van der Waals surface area contributed by atoms with E-state index in [0.717, 1.165) is 0 Å². The van der Waals surface area contributed by atoms with Crippen molar-refractivity contribution in [2.24, 2.45) is 17.8 Å². The predicted molar refractivity (Wildman–Crippen MR) is 43.2 cm³/mol. The quantitative estimate of drug-likeness (QED) is 0.510. The van der Waals surface area contributed by atoms with Gasteiger partial charge in [0.15, 0.2) is 0 Å². The third-order valence-electron chi connectivity index (χ3n) is 4.17. The van der Waals surface area contributed by atoms with Crippen molar-refractivity contribution in [3.8, 4) is 6.07 Å². The van der Waals surface area contributed by atoms with E-state index in [1.807, 2.05) is 0 Å². The highest BCUT2D eigenvalue weighted by molar-refractivity contribution is 5.23. The number of fused-ring (bicyclic) bond motifs is 3. The van der Waals surface area contributed by atoms with Crippen molar-refractivity contribution < 1.29 is 4.74 Å². The van der Waals surface area contributed by atoms with Crippen LogP contribution in [0.3, 0.4) is 0 Å². The molecule has 2 nitrogen and oxygen atoms in total. The molecule has 2 saturated carbocycles. The molecule has 0 radical (unpaired) electrons. The molecule has 0 aromatic rings. The van der Waals surface area contributed by atoms with Crippen molar-refractivity contribution in [3.05, 3.63) is 0 Å². The van der Waals surface area contributed by atoms with Crippen molar-refractivity contribution in [2.45, 2.75) is 37.9 Å². The largest absolute Gasteiger partial charge is 0.365 e. The van der Waals surface area contributed by atoms with E-state index in [1.165, 1.54) is 19.3 Å². The van der Waals surface area contributed by atoms with E-state index in [-0.39, 0.29) is 11.5 Å². The van der Waals surface area contributed by atoms with E-state index in [0.29, 0.717) is 17.9 Å². The summed E-state index contributed by atoms with van der Waals surface area (Å²) < 4.78 is 5.68. The first kappa shape index (κ1) is 6.91. The standard InChI is InChI=1S/C10H13NO/c1-6-10(12-6)8-3-2-7(4-8)9(10)5-11/h6-9H,2-4H2,1H3. The number of ether oxygens (including phenoxy) is 1. The smallest absolute Gasteiger partial charge is 0.113 e. The minimum atomic E-state index is 0.0255. The van der Waals surface area contributed by atoms with Gasteiger partial charge in [-0.25, -0.2) is 0 Å². The number of hydrogen-bond donors (Lipinski definition) is 0. The van der Waals surface area contributed by atoms with Crippen molar-refractivity contribution in [1.29, 1.82) is 5.26 Å². The van der Waals surface area contributed by atoms with E-state index in [1.54, 1.807) is 0 Å². The maximum absolute atomic E-state index is 9.05. The predicted octanol–water partition coefficient (Wildman–Crippen LogP) is 1.71. The average molecular weight is 163 g/mol. The van der Waals surface area contributed by atoms with E-state index in [4.69, 9.17) is 10.00 Å². The van der Waals surface area contributed by atoms with E-state index in [9.17, 15) is 0 Å². The normalized spacial score (nSPS) is 60.7. The van der Waals surface area contributed by atoms with Crippen LogP contribution < -0.4 is 0 Å². The summed E-state index contributed by atoms with van der Waals surface area (Å²) in [7, 11) is 0. The maximum atomic E-state index is 9.05. The van der Waals surface area contributed by atoms with Crippen LogP contribution >= 0.6 is 0 Å². The Labute approximate surface area is 72.5 Å². The fraction of sp³-hybridized carbons (Fsp3) is 0.900. The van der Waals surface area contributed by atoms with E-state index in [2.05, 4.69) is 13.0 Å². The Morgan fingerprint density at radius 3 is 2.75 bits per heavy atom. The van der Waals surface area contributed by atoms with Gasteiger partial charge < -0.3 is 4.74 Å². The van der Waals surface area contributed by atoms with Gasteiger partial charge in [0.2, 0.25) is 0 Å². The lowest BCUT2D eigenvalue weighted by Crippen LogP contribution is -2.31. The third kappa shape index (κ3) is 0.537. The minimum Gasteiger partial charge on any atom is -0.365 e. The van der Waals surface area contributed by atoms with Gasteiger partial charge in [0, 0.05) is 0 Å². The third-order valence-corrected chi connectivity index (χ3v) is 4.17. The topological polar surface area (TPSA) is 36.3 Å². The zero-order valence-electron chi connectivity index (χ0n) is 7.29. The molecule has 1 spiro atoms. The van der Waals surface area contributed by atoms with Crippen LogP contribution in [0.1, 0.15) is 26.2 Å². The zero-order chi connectivity index (χ0) is 8.34. The van der Waals surface area contributed by atoms with Crippen LogP contribution in [0.2, 0.25) is 0 Å². The lowest BCUT2D eigenvalue weighted by molar-refractivity contribution is 0.179. The number of hydrogen-bond acceptors (Lipinski definition) is 2. The summed E-state index contributed by atoms with van der Waals surface area (Å²) in [6, 6.07) is 2.45. The first-order valence-corrected chi connectivity index (χ1v) is 4.86. The first-order chi connectivity index (χ1) is 5.79. The second-order valence-electron chi connectivity index (χ2n) is 4.49. The van der Waals surface area contributed by atoms with Crippen molar-refractivity contribution >= 4 is 0 Å². The van der Waals surface area contributed by atoms with Crippen LogP contribution in [0.4, 0.5) is 0 Å². The number of nitriles is 1.